The van der Waals surface area contributed by atoms with Gasteiger partial charge in [-0.1, -0.05) is 6.07 Å². The highest BCUT2D eigenvalue weighted by Gasteiger charge is 2.31. The number of amides is 1. The SMILES string of the molecule is Cc1nn(-c2cccc(C(F)(F)F)c2)c(C)c1C(=O)C(=O)Nc1ccc2c(c1)OCO2. The first-order chi connectivity index (χ1) is 14.6. The lowest BCUT2D eigenvalue weighted by Crippen LogP contribution is -2.24. The molecule has 0 spiro atoms. The molecule has 160 valence electrons. The van der Waals surface area contributed by atoms with Crippen LogP contribution in [-0.2, 0) is 11.0 Å². The Morgan fingerprint density at radius 2 is 1.81 bits per heavy atom. The summed E-state index contributed by atoms with van der Waals surface area (Å²) in [5.74, 6) is -0.798. The molecule has 7 nitrogen and oxygen atoms in total. The number of aromatic nitrogens is 2. The van der Waals surface area contributed by atoms with Gasteiger partial charge in [0.1, 0.15) is 0 Å². The minimum absolute atomic E-state index is 0.0238. The summed E-state index contributed by atoms with van der Waals surface area (Å²) in [6, 6.07) is 9.26. The summed E-state index contributed by atoms with van der Waals surface area (Å²) in [6.45, 7) is 3.10. The van der Waals surface area contributed by atoms with E-state index in [0.717, 1.165) is 12.1 Å². The highest BCUT2D eigenvalue weighted by atomic mass is 19.4. The molecule has 0 atom stereocenters. The lowest BCUT2D eigenvalue weighted by molar-refractivity contribution is -0.137. The zero-order valence-electron chi connectivity index (χ0n) is 16.4. The van der Waals surface area contributed by atoms with Crippen molar-refractivity contribution in [3.63, 3.8) is 0 Å². The van der Waals surface area contributed by atoms with Crippen LogP contribution < -0.4 is 14.8 Å². The molecule has 0 radical (unpaired) electrons. The molecule has 0 fully saturated rings. The second-order valence-electron chi connectivity index (χ2n) is 6.86. The minimum Gasteiger partial charge on any atom is -0.454 e. The zero-order chi connectivity index (χ0) is 22.3. The number of fused-ring (bicyclic) bond motifs is 1. The third kappa shape index (κ3) is 3.83. The van der Waals surface area contributed by atoms with E-state index in [2.05, 4.69) is 10.4 Å². The van der Waals surface area contributed by atoms with Crippen LogP contribution in [0, 0.1) is 13.8 Å². The third-order valence-electron chi connectivity index (χ3n) is 4.77. The molecule has 10 heteroatoms. The van der Waals surface area contributed by atoms with Crippen LogP contribution in [0.5, 0.6) is 11.5 Å². The van der Waals surface area contributed by atoms with Crippen molar-refractivity contribution in [3.05, 3.63) is 65.0 Å². The first-order valence-corrected chi connectivity index (χ1v) is 9.14. The Bertz CT molecular complexity index is 1200. The number of halogens is 3. The summed E-state index contributed by atoms with van der Waals surface area (Å²) in [5, 5.41) is 6.67. The fourth-order valence-corrected chi connectivity index (χ4v) is 3.31. The largest absolute Gasteiger partial charge is 0.454 e. The number of ether oxygens (including phenoxy) is 2. The number of aryl methyl sites for hydroxylation is 1. The van der Waals surface area contributed by atoms with Gasteiger partial charge in [0.15, 0.2) is 11.5 Å². The van der Waals surface area contributed by atoms with E-state index in [1.54, 1.807) is 12.1 Å². The van der Waals surface area contributed by atoms with Crippen molar-refractivity contribution in [2.45, 2.75) is 20.0 Å². The van der Waals surface area contributed by atoms with Crippen molar-refractivity contribution in [3.8, 4) is 17.2 Å². The first-order valence-electron chi connectivity index (χ1n) is 9.14. The van der Waals surface area contributed by atoms with E-state index in [9.17, 15) is 22.8 Å². The number of alkyl halides is 3. The summed E-state index contributed by atoms with van der Waals surface area (Å²) in [4.78, 5) is 25.3. The molecule has 2 heterocycles. The van der Waals surface area contributed by atoms with E-state index in [0.29, 0.717) is 17.2 Å². The molecule has 1 aromatic heterocycles. The van der Waals surface area contributed by atoms with Crippen molar-refractivity contribution in [1.29, 1.82) is 0 Å². The van der Waals surface area contributed by atoms with Gasteiger partial charge in [0.25, 0.3) is 11.7 Å². The minimum atomic E-state index is -4.52. The quantitative estimate of drug-likeness (QED) is 0.498. The Hall–Kier alpha value is -3.82. The Labute approximate surface area is 174 Å². The van der Waals surface area contributed by atoms with Crippen LogP contribution in [0.2, 0.25) is 0 Å². The summed E-state index contributed by atoms with van der Waals surface area (Å²) < 4.78 is 50.8. The van der Waals surface area contributed by atoms with Crippen LogP contribution >= 0.6 is 0 Å². The Morgan fingerprint density at radius 1 is 1.06 bits per heavy atom. The molecule has 1 aliphatic heterocycles. The average molecular weight is 431 g/mol. The number of carbonyl (C=O) groups is 2. The van der Waals surface area contributed by atoms with Gasteiger partial charge in [0, 0.05) is 11.8 Å². The smallest absolute Gasteiger partial charge is 0.416 e. The lowest BCUT2D eigenvalue weighted by atomic mass is 10.1. The maximum absolute atomic E-state index is 13.0. The van der Waals surface area contributed by atoms with Gasteiger partial charge in [-0.25, -0.2) is 4.68 Å². The van der Waals surface area contributed by atoms with Gasteiger partial charge in [-0.2, -0.15) is 18.3 Å². The third-order valence-corrected chi connectivity index (χ3v) is 4.77. The van der Waals surface area contributed by atoms with Crippen molar-refractivity contribution in [2.75, 3.05) is 12.1 Å². The average Bonchev–Trinajstić information content (AvgIpc) is 3.30. The fraction of sp³-hybridized carbons (Fsp3) is 0.190. The molecular weight excluding hydrogens is 415 g/mol. The van der Waals surface area contributed by atoms with Crippen LogP contribution in [0.25, 0.3) is 5.69 Å². The van der Waals surface area contributed by atoms with E-state index in [1.165, 1.54) is 36.7 Å². The number of hydrogen-bond donors (Lipinski definition) is 1. The number of benzene rings is 2. The highest BCUT2D eigenvalue weighted by Crippen LogP contribution is 2.34. The second-order valence-corrected chi connectivity index (χ2v) is 6.86. The zero-order valence-corrected chi connectivity index (χ0v) is 16.4. The molecule has 4 rings (SSSR count). The van der Waals surface area contributed by atoms with Gasteiger partial charge in [-0.05, 0) is 44.2 Å². The topological polar surface area (TPSA) is 82.5 Å². The van der Waals surface area contributed by atoms with E-state index in [-0.39, 0.29) is 29.4 Å². The molecule has 2 aromatic carbocycles. The molecule has 1 aliphatic rings. The Morgan fingerprint density at radius 3 is 2.55 bits per heavy atom. The molecule has 0 saturated carbocycles. The molecule has 0 unspecified atom stereocenters. The molecule has 31 heavy (non-hydrogen) atoms. The fourth-order valence-electron chi connectivity index (χ4n) is 3.31. The number of nitrogens with zero attached hydrogens (tertiary/aromatic N) is 2. The maximum atomic E-state index is 13.0. The molecule has 1 amide bonds. The number of Topliss-reactive ketones (excluding diaryl/α,β-unsaturated/α-hetero) is 1. The summed E-state index contributed by atoms with van der Waals surface area (Å²) in [7, 11) is 0. The first kappa shape index (κ1) is 20.5. The highest BCUT2D eigenvalue weighted by molar-refractivity contribution is 6.47. The predicted octanol–water partition coefficient (Wildman–Crippen LogP) is 4.06. The number of rotatable bonds is 4. The van der Waals surface area contributed by atoms with Crippen molar-refractivity contribution >= 4 is 17.4 Å². The number of anilines is 1. The normalized spacial score (nSPS) is 12.7. The Balaban J connectivity index is 1.61. The van der Waals surface area contributed by atoms with Gasteiger partial charge < -0.3 is 14.8 Å². The number of hydrogen-bond acceptors (Lipinski definition) is 5. The molecule has 0 bridgehead atoms. The molecule has 1 N–H and O–H groups in total. The maximum Gasteiger partial charge on any atom is 0.416 e. The lowest BCUT2D eigenvalue weighted by Gasteiger charge is -2.10. The van der Waals surface area contributed by atoms with Crippen LogP contribution in [0.1, 0.15) is 27.3 Å². The summed E-state index contributed by atoms with van der Waals surface area (Å²) in [5.41, 5.74) is 0.124. The Kier molecular flexibility index (Phi) is 4.92. The van der Waals surface area contributed by atoms with Gasteiger partial charge >= 0.3 is 6.18 Å². The van der Waals surface area contributed by atoms with Gasteiger partial charge in [0.2, 0.25) is 6.79 Å². The van der Waals surface area contributed by atoms with E-state index in [4.69, 9.17) is 9.47 Å². The van der Waals surface area contributed by atoms with Crippen LogP contribution in [-0.4, -0.2) is 28.3 Å². The van der Waals surface area contributed by atoms with Crippen LogP contribution in [0.15, 0.2) is 42.5 Å². The number of carbonyl (C=O) groups excluding carboxylic acids is 2. The van der Waals surface area contributed by atoms with Gasteiger partial charge in [0.05, 0.1) is 28.2 Å². The molecule has 3 aromatic rings. The molecular formula is C21H16F3N3O4. The van der Waals surface area contributed by atoms with Crippen molar-refractivity contribution < 1.29 is 32.2 Å². The monoisotopic (exact) mass is 431 g/mol. The summed E-state index contributed by atoms with van der Waals surface area (Å²) >= 11 is 0. The van der Waals surface area contributed by atoms with Gasteiger partial charge in [-0.15, -0.1) is 0 Å². The van der Waals surface area contributed by atoms with E-state index in [1.807, 2.05) is 0 Å². The van der Waals surface area contributed by atoms with E-state index < -0.39 is 23.4 Å². The van der Waals surface area contributed by atoms with Crippen molar-refractivity contribution in [2.24, 2.45) is 0 Å². The standard InChI is InChI=1S/C21H16F3N3O4/c1-11-18(12(2)27(26-11)15-5-3-4-13(8-15)21(22,23)24)19(28)20(29)25-14-6-7-16-17(9-14)31-10-30-16/h3-9H,10H2,1-2H3,(H,25,29). The van der Waals surface area contributed by atoms with E-state index >= 15 is 0 Å². The van der Waals surface area contributed by atoms with Crippen molar-refractivity contribution in [1.82, 2.24) is 9.78 Å². The molecule has 0 saturated heterocycles. The van der Waals surface area contributed by atoms with Gasteiger partial charge in [-0.3, -0.25) is 9.59 Å². The molecule has 0 aliphatic carbocycles. The predicted molar refractivity (Wildman–Crippen MR) is 104 cm³/mol. The van der Waals surface area contributed by atoms with Crippen LogP contribution in [0.3, 0.4) is 0 Å². The second kappa shape index (κ2) is 7.46. The number of ketones is 1. The summed E-state index contributed by atoms with van der Waals surface area (Å²) in [6.07, 6.45) is -4.52. The van der Waals surface area contributed by atoms with Crippen LogP contribution in [0.4, 0.5) is 18.9 Å². The number of nitrogens with one attached hydrogen (secondary N) is 1.